The van der Waals surface area contributed by atoms with Crippen LogP contribution in [-0.2, 0) is 16.2 Å². The standard InChI is InChI=1S/C48H47N/c1-32-22-27-41-45(47(4,5)29-28-46(41,2)3)44(32)39-30-38-37-20-14-15-21-40(37)48(6,7)42(38)31-43(39)49(35-18-12-9-13-19-35)36-25-23-34(24-26-36)33-16-10-8-11-17-33/h8-27,30-31H,28-29H2,1-7H3. The lowest BCUT2D eigenvalue weighted by molar-refractivity contribution is 0.332. The van der Waals surface area contributed by atoms with Gasteiger partial charge in [0.1, 0.15) is 0 Å². The molecule has 2 aliphatic rings. The van der Waals surface area contributed by atoms with Gasteiger partial charge in [-0.15, -0.1) is 0 Å². The highest BCUT2D eigenvalue weighted by Crippen LogP contribution is 2.57. The average Bonchev–Trinajstić information content (AvgIpc) is 3.33. The first-order chi connectivity index (χ1) is 23.5. The molecular weight excluding hydrogens is 591 g/mol. The van der Waals surface area contributed by atoms with Gasteiger partial charge in [-0.25, -0.2) is 0 Å². The number of hydrogen-bond acceptors (Lipinski definition) is 1. The zero-order chi connectivity index (χ0) is 34.1. The van der Waals surface area contributed by atoms with E-state index in [0.29, 0.717) is 0 Å². The van der Waals surface area contributed by atoms with Crippen LogP contribution in [0.3, 0.4) is 0 Å². The Labute approximate surface area is 293 Å². The fourth-order valence-electron chi connectivity index (χ4n) is 8.76. The third-order valence-corrected chi connectivity index (χ3v) is 11.7. The van der Waals surface area contributed by atoms with Crippen LogP contribution in [0.1, 0.15) is 82.2 Å². The molecule has 1 heteroatoms. The summed E-state index contributed by atoms with van der Waals surface area (Å²) in [7, 11) is 0. The molecular formula is C48H47N. The van der Waals surface area contributed by atoms with Crippen molar-refractivity contribution >= 4 is 17.1 Å². The molecule has 244 valence electrons. The number of anilines is 3. The monoisotopic (exact) mass is 637 g/mol. The Kier molecular flexibility index (Phi) is 7.27. The normalized spacial score (nSPS) is 16.4. The zero-order valence-corrected chi connectivity index (χ0v) is 30.1. The van der Waals surface area contributed by atoms with E-state index in [0.717, 1.165) is 11.4 Å². The molecule has 0 unspecified atom stereocenters. The lowest BCUT2D eigenvalue weighted by Gasteiger charge is -2.44. The van der Waals surface area contributed by atoms with E-state index < -0.39 is 0 Å². The number of nitrogens with zero attached hydrogens (tertiary/aromatic N) is 1. The molecule has 0 amide bonds. The van der Waals surface area contributed by atoms with Crippen molar-refractivity contribution in [2.45, 2.75) is 77.6 Å². The molecule has 0 aromatic heterocycles. The summed E-state index contributed by atoms with van der Waals surface area (Å²) in [6, 6.07) is 49.7. The highest BCUT2D eigenvalue weighted by Gasteiger charge is 2.41. The van der Waals surface area contributed by atoms with Crippen molar-refractivity contribution in [2.24, 2.45) is 0 Å². The molecule has 0 spiro atoms. The minimum atomic E-state index is -0.120. The first-order valence-electron chi connectivity index (χ1n) is 17.9. The Balaban J connectivity index is 1.46. The molecule has 6 aromatic rings. The van der Waals surface area contributed by atoms with Gasteiger partial charge in [0.05, 0.1) is 5.69 Å². The van der Waals surface area contributed by atoms with Gasteiger partial charge in [-0.2, -0.15) is 0 Å². The number of rotatable bonds is 5. The topological polar surface area (TPSA) is 3.24 Å². The second kappa shape index (κ2) is 11.3. The van der Waals surface area contributed by atoms with Crippen molar-refractivity contribution < 1.29 is 0 Å². The summed E-state index contributed by atoms with van der Waals surface area (Å²) in [5.41, 5.74) is 18.6. The van der Waals surface area contributed by atoms with Crippen molar-refractivity contribution in [2.75, 3.05) is 4.90 Å². The molecule has 2 aliphatic carbocycles. The van der Waals surface area contributed by atoms with E-state index in [1.165, 1.54) is 79.7 Å². The van der Waals surface area contributed by atoms with Crippen LogP contribution in [0, 0.1) is 6.92 Å². The first kappa shape index (κ1) is 31.4. The summed E-state index contributed by atoms with van der Waals surface area (Å²) in [5.74, 6) is 0. The van der Waals surface area contributed by atoms with Crippen molar-refractivity contribution in [1.29, 1.82) is 0 Å². The second-order valence-electron chi connectivity index (χ2n) is 16.1. The molecule has 0 saturated heterocycles. The molecule has 6 aromatic carbocycles. The Morgan fingerprint density at radius 3 is 1.78 bits per heavy atom. The molecule has 8 rings (SSSR count). The van der Waals surface area contributed by atoms with E-state index in [1.54, 1.807) is 0 Å². The highest BCUT2D eigenvalue weighted by molar-refractivity contribution is 5.96. The summed E-state index contributed by atoms with van der Waals surface area (Å²) in [4.78, 5) is 2.50. The zero-order valence-electron chi connectivity index (χ0n) is 30.1. The lowest BCUT2D eigenvalue weighted by Crippen LogP contribution is -2.34. The van der Waals surface area contributed by atoms with Gasteiger partial charge in [-0.3, -0.25) is 0 Å². The van der Waals surface area contributed by atoms with Crippen LogP contribution in [0.2, 0.25) is 0 Å². The van der Waals surface area contributed by atoms with E-state index in [1.807, 2.05) is 0 Å². The number of fused-ring (bicyclic) bond motifs is 4. The predicted molar refractivity (Wildman–Crippen MR) is 210 cm³/mol. The predicted octanol–water partition coefficient (Wildman–Crippen LogP) is 13.5. The third-order valence-electron chi connectivity index (χ3n) is 11.7. The van der Waals surface area contributed by atoms with Gasteiger partial charge < -0.3 is 4.90 Å². The van der Waals surface area contributed by atoms with Crippen molar-refractivity contribution in [3.63, 3.8) is 0 Å². The maximum atomic E-state index is 2.55. The maximum absolute atomic E-state index is 2.55. The number of aryl methyl sites for hydroxylation is 1. The summed E-state index contributed by atoms with van der Waals surface area (Å²) in [5, 5.41) is 0. The molecule has 0 saturated carbocycles. The highest BCUT2D eigenvalue weighted by atomic mass is 15.1. The van der Waals surface area contributed by atoms with E-state index in [9.17, 15) is 0 Å². The fraction of sp³-hybridized carbons (Fsp3) is 0.250. The van der Waals surface area contributed by atoms with E-state index >= 15 is 0 Å². The van der Waals surface area contributed by atoms with Crippen LogP contribution in [-0.4, -0.2) is 0 Å². The fourth-order valence-corrected chi connectivity index (χ4v) is 8.76. The van der Waals surface area contributed by atoms with E-state index in [4.69, 9.17) is 0 Å². The van der Waals surface area contributed by atoms with Gasteiger partial charge in [0.2, 0.25) is 0 Å². The second-order valence-corrected chi connectivity index (χ2v) is 16.1. The minimum absolute atomic E-state index is 0.0502. The number of hydrogen-bond donors (Lipinski definition) is 0. The molecule has 0 bridgehead atoms. The van der Waals surface area contributed by atoms with Crippen LogP contribution < -0.4 is 4.90 Å². The van der Waals surface area contributed by atoms with Crippen LogP contribution in [0.15, 0.2) is 133 Å². The minimum Gasteiger partial charge on any atom is -0.310 e. The van der Waals surface area contributed by atoms with Crippen molar-refractivity contribution in [3.8, 4) is 33.4 Å². The lowest BCUT2D eigenvalue weighted by atomic mass is 9.61. The van der Waals surface area contributed by atoms with Crippen LogP contribution in [0.4, 0.5) is 17.1 Å². The number of para-hydroxylation sites is 1. The van der Waals surface area contributed by atoms with Crippen LogP contribution >= 0.6 is 0 Å². The molecule has 0 fully saturated rings. The molecule has 0 aliphatic heterocycles. The van der Waals surface area contributed by atoms with Crippen LogP contribution in [0.5, 0.6) is 0 Å². The van der Waals surface area contributed by atoms with Gasteiger partial charge in [0, 0.05) is 22.4 Å². The van der Waals surface area contributed by atoms with Gasteiger partial charge in [-0.05, 0) is 123 Å². The number of benzene rings is 6. The Bertz CT molecular complexity index is 2180. The smallest absolute Gasteiger partial charge is 0.0543 e. The van der Waals surface area contributed by atoms with Crippen molar-refractivity contribution in [3.05, 3.63) is 161 Å². The summed E-state index contributed by atoms with van der Waals surface area (Å²) in [6.45, 7) is 16.9. The largest absolute Gasteiger partial charge is 0.310 e. The van der Waals surface area contributed by atoms with Crippen LogP contribution in [0.25, 0.3) is 33.4 Å². The molecule has 0 N–H and O–H groups in total. The summed E-state index contributed by atoms with van der Waals surface area (Å²) in [6.07, 6.45) is 2.36. The SMILES string of the molecule is Cc1ccc2c(c1-c1cc3c(cc1N(c1ccccc1)c1ccc(-c4ccccc4)cc1)C(C)(C)c1ccccc1-3)C(C)(C)CCC2(C)C. The van der Waals surface area contributed by atoms with Gasteiger partial charge in [-0.1, -0.05) is 139 Å². The molecule has 1 nitrogen and oxygen atoms in total. The van der Waals surface area contributed by atoms with Crippen molar-refractivity contribution in [1.82, 2.24) is 0 Å². The van der Waals surface area contributed by atoms with Gasteiger partial charge >= 0.3 is 0 Å². The third kappa shape index (κ3) is 5.05. The van der Waals surface area contributed by atoms with Gasteiger partial charge in [0.15, 0.2) is 0 Å². The average molecular weight is 638 g/mol. The molecule has 49 heavy (non-hydrogen) atoms. The van der Waals surface area contributed by atoms with E-state index in [2.05, 4.69) is 187 Å². The Morgan fingerprint density at radius 2 is 1.06 bits per heavy atom. The molecule has 0 atom stereocenters. The van der Waals surface area contributed by atoms with Gasteiger partial charge in [0.25, 0.3) is 0 Å². The van der Waals surface area contributed by atoms with E-state index in [-0.39, 0.29) is 16.2 Å². The first-order valence-corrected chi connectivity index (χ1v) is 17.9. The Hall–Kier alpha value is -4.88. The summed E-state index contributed by atoms with van der Waals surface area (Å²) < 4.78 is 0. The maximum Gasteiger partial charge on any atom is 0.0543 e. The molecule has 0 radical (unpaired) electrons. The summed E-state index contributed by atoms with van der Waals surface area (Å²) >= 11 is 0. The quantitative estimate of drug-likeness (QED) is 0.182. The Morgan fingerprint density at radius 1 is 0.469 bits per heavy atom. The molecule has 0 heterocycles.